The van der Waals surface area contributed by atoms with Crippen LogP contribution in [0.15, 0.2) is 54.6 Å². The van der Waals surface area contributed by atoms with Crippen LogP contribution in [-0.4, -0.2) is 50.3 Å². The number of hydrogen-bond acceptors (Lipinski definition) is 4. The maximum atomic E-state index is 12.6. The van der Waals surface area contributed by atoms with Crippen LogP contribution in [0.3, 0.4) is 0 Å². The van der Waals surface area contributed by atoms with Gasteiger partial charge in [0.2, 0.25) is 0 Å². The van der Waals surface area contributed by atoms with Crippen molar-refractivity contribution in [3.8, 4) is 5.75 Å². The van der Waals surface area contributed by atoms with Crippen LogP contribution in [0.2, 0.25) is 0 Å². The van der Waals surface area contributed by atoms with Gasteiger partial charge in [-0.2, -0.15) is 0 Å². The van der Waals surface area contributed by atoms with E-state index in [4.69, 9.17) is 9.47 Å². The smallest absolute Gasteiger partial charge is 0.252 e. The molecule has 2 aliphatic rings. The summed E-state index contributed by atoms with van der Waals surface area (Å²) in [5.41, 5.74) is 2.16. The van der Waals surface area contributed by atoms with Crippen molar-refractivity contribution in [2.24, 2.45) is 5.41 Å². The van der Waals surface area contributed by atoms with Crippen LogP contribution in [-0.2, 0) is 16.1 Å². The SMILES string of the molecule is CCCOc1ccccc1CN1CCC2(COCC(=O)N(c3ccccc3)C2)C1. The van der Waals surface area contributed by atoms with Crippen molar-refractivity contribution in [2.45, 2.75) is 26.3 Å². The zero-order valence-corrected chi connectivity index (χ0v) is 17.2. The summed E-state index contributed by atoms with van der Waals surface area (Å²) in [5.74, 6) is 1.03. The number of amides is 1. The number of nitrogens with zero attached hydrogens (tertiary/aromatic N) is 2. The first-order valence-electron chi connectivity index (χ1n) is 10.6. The normalized spacial score (nSPS) is 22.8. The van der Waals surface area contributed by atoms with E-state index < -0.39 is 0 Å². The van der Waals surface area contributed by atoms with Gasteiger partial charge in [-0.15, -0.1) is 0 Å². The largest absolute Gasteiger partial charge is 0.493 e. The summed E-state index contributed by atoms with van der Waals surface area (Å²) in [5, 5.41) is 0. The van der Waals surface area contributed by atoms with Crippen LogP contribution in [0.4, 0.5) is 5.69 Å². The molecule has 2 saturated heterocycles. The molecule has 0 saturated carbocycles. The molecule has 2 aliphatic heterocycles. The van der Waals surface area contributed by atoms with E-state index in [-0.39, 0.29) is 17.9 Å². The molecular formula is C24H30N2O3. The fourth-order valence-corrected chi connectivity index (χ4v) is 4.38. The third kappa shape index (κ3) is 4.62. The third-order valence-electron chi connectivity index (χ3n) is 5.84. The Morgan fingerprint density at radius 1 is 1.07 bits per heavy atom. The Hall–Kier alpha value is -2.37. The zero-order chi connectivity index (χ0) is 20.1. The van der Waals surface area contributed by atoms with E-state index in [1.807, 2.05) is 41.3 Å². The Morgan fingerprint density at radius 2 is 1.86 bits per heavy atom. The zero-order valence-electron chi connectivity index (χ0n) is 17.2. The van der Waals surface area contributed by atoms with Crippen molar-refractivity contribution < 1.29 is 14.3 Å². The number of para-hydroxylation sites is 2. The first kappa shape index (κ1) is 19.9. The van der Waals surface area contributed by atoms with Gasteiger partial charge in [0.15, 0.2) is 0 Å². The minimum atomic E-state index is -0.0266. The highest BCUT2D eigenvalue weighted by Gasteiger charge is 2.43. The average Bonchev–Trinajstić information content (AvgIpc) is 3.06. The van der Waals surface area contributed by atoms with Crippen molar-refractivity contribution in [2.75, 3.05) is 44.4 Å². The minimum Gasteiger partial charge on any atom is -0.493 e. The van der Waals surface area contributed by atoms with Crippen molar-refractivity contribution >= 4 is 11.6 Å². The lowest BCUT2D eigenvalue weighted by molar-refractivity contribution is -0.122. The number of ether oxygens (including phenoxy) is 2. The number of likely N-dealkylation sites (tertiary alicyclic amines) is 1. The molecule has 4 rings (SSSR count). The molecular weight excluding hydrogens is 364 g/mol. The van der Waals surface area contributed by atoms with Crippen LogP contribution >= 0.6 is 0 Å². The molecule has 0 aromatic heterocycles. The molecule has 1 atom stereocenters. The van der Waals surface area contributed by atoms with E-state index in [1.165, 1.54) is 5.56 Å². The highest BCUT2D eigenvalue weighted by molar-refractivity contribution is 5.94. The quantitative estimate of drug-likeness (QED) is 0.749. The first-order valence-corrected chi connectivity index (χ1v) is 10.6. The number of rotatable bonds is 6. The standard InChI is InChI=1S/C24H30N2O3/c1-2-14-29-22-11-7-6-8-20(22)15-25-13-12-24(17-25)18-26(23(27)16-28-19-24)21-9-4-3-5-10-21/h3-11H,2,12-19H2,1H3. The number of anilines is 1. The van der Waals surface area contributed by atoms with E-state index in [1.54, 1.807) is 0 Å². The van der Waals surface area contributed by atoms with E-state index >= 15 is 0 Å². The molecule has 0 aliphatic carbocycles. The van der Waals surface area contributed by atoms with Gasteiger partial charge in [0.1, 0.15) is 12.4 Å². The van der Waals surface area contributed by atoms with Crippen molar-refractivity contribution in [1.29, 1.82) is 0 Å². The second-order valence-corrected chi connectivity index (χ2v) is 8.23. The van der Waals surface area contributed by atoms with Gasteiger partial charge in [0.05, 0.1) is 13.2 Å². The second-order valence-electron chi connectivity index (χ2n) is 8.23. The van der Waals surface area contributed by atoms with Gasteiger partial charge in [-0.3, -0.25) is 9.69 Å². The number of hydrogen-bond donors (Lipinski definition) is 0. The van der Waals surface area contributed by atoms with E-state index in [2.05, 4.69) is 30.0 Å². The molecule has 1 unspecified atom stereocenters. The third-order valence-corrected chi connectivity index (χ3v) is 5.84. The molecule has 2 heterocycles. The Labute approximate surface area is 173 Å². The van der Waals surface area contributed by atoms with Crippen molar-refractivity contribution in [3.05, 3.63) is 60.2 Å². The van der Waals surface area contributed by atoms with Gasteiger partial charge in [0, 0.05) is 36.3 Å². The van der Waals surface area contributed by atoms with E-state index in [0.717, 1.165) is 50.5 Å². The Balaban J connectivity index is 1.47. The second kappa shape index (κ2) is 8.97. The summed E-state index contributed by atoms with van der Waals surface area (Å²) in [6, 6.07) is 18.3. The Bertz CT molecular complexity index is 826. The Kier molecular flexibility index (Phi) is 6.16. The summed E-state index contributed by atoms with van der Waals surface area (Å²) in [6.07, 6.45) is 2.03. The minimum absolute atomic E-state index is 0.0266. The molecule has 0 radical (unpaired) electrons. The number of benzene rings is 2. The number of carbonyl (C=O) groups excluding carboxylic acids is 1. The summed E-state index contributed by atoms with van der Waals surface area (Å²) < 4.78 is 11.8. The molecule has 5 heteroatoms. The predicted octanol–water partition coefficient (Wildman–Crippen LogP) is 3.73. The number of carbonyl (C=O) groups is 1. The molecule has 154 valence electrons. The van der Waals surface area contributed by atoms with E-state index in [0.29, 0.717) is 13.2 Å². The monoisotopic (exact) mass is 394 g/mol. The highest BCUT2D eigenvalue weighted by Crippen LogP contribution is 2.36. The molecule has 2 aromatic rings. The summed E-state index contributed by atoms with van der Waals surface area (Å²) in [4.78, 5) is 17.0. The van der Waals surface area contributed by atoms with Crippen molar-refractivity contribution in [3.63, 3.8) is 0 Å². The first-order chi connectivity index (χ1) is 14.2. The lowest BCUT2D eigenvalue weighted by atomic mass is 9.87. The fraction of sp³-hybridized carbons (Fsp3) is 0.458. The molecule has 5 nitrogen and oxygen atoms in total. The van der Waals surface area contributed by atoms with Crippen LogP contribution in [0, 0.1) is 5.41 Å². The maximum Gasteiger partial charge on any atom is 0.252 e. The van der Waals surface area contributed by atoms with Crippen LogP contribution in [0.5, 0.6) is 5.75 Å². The average molecular weight is 395 g/mol. The fourth-order valence-electron chi connectivity index (χ4n) is 4.38. The summed E-state index contributed by atoms with van der Waals surface area (Å²) >= 11 is 0. The molecule has 0 N–H and O–H groups in total. The molecule has 2 aromatic carbocycles. The van der Waals surface area contributed by atoms with Crippen LogP contribution in [0.25, 0.3) is 0 Å². The highest BCUT2D eigenvalue weighted by atomic mass is 16.5. The van der Waals surface area contributed by atoms with Gasteiger partial charge in [-0.05, 0) is 37.6 Å². The molecule has 29 heavy (non-hydrogen) atoms. The van der Waals surface area contributed by atoms with Crippen LogP contribution < -0.4 is 9.64 Å². The summed E-state index contributed by atoms with van der Waals surface area (Å²) in [7, 11) is 0. The van der Waals surface area contributed by atoms with E-state index in [9.17, 15) is 4.79 Å². The van der Waals surface area contributed by atoms with Gasteiger partial charge in [-0.25, -0.2) is 0 Å². The topological polar surface area (TPSA) is 42.0 Å². The van der Waals surface area contributed by atoms with Crippen LogP contribution in [0.1, 0.15) is 25.3 Å². The molecule has 1 spiro atoms. The lowest BCUT2D eigenvalue weighted by Crippen LogP contribution is -2.42. The van der Waals surface area contributed by atoms with Crippen molar-refractivity contribution in [1.82, 2.24) is 4.90 Å². The predicted molar refractivity (Wildman–Crippen MR) is 114 cm³/mol. The molecule has 2 fully saturated rings. The maximum absolute atomic E-state index is 12.6. The van der Waals surface area contributed by atoms with Gasteiger partial charge in [-0.1, -0.05) is 43.3 Å². The Morgan fingerprint density at radius 3 is 2.69 bits per heavy atom. The van der Waals surface area contributed by atoms with Gasteiger partial charge in [0.25, 0.3) is 5.91 Å². The molecule has 0 bridgehead atoms. The van der Waals surface area contributed by atoms with Gasteiger partial charge >= 0.3 is 0 Å². The van der Waals surface area contributed by atoms with Gasteiger partial charge < -0.3 is 14.4 Å². The lowest BCUT2D eigenvalue weighted by Gasteiger charge is -2.32. The molecule has 1 amide bonds. The summed E-state index contributed by atoms with van der Waals surface area (Å²) in [6.45, 7) is 7.15.